The zero-order valence-electron chi connectivity index (χ0n) is 49.0. The van der Waals surface area contributed by atoms with Crippen molar-refractivity contribution in [3.8, 4) is 12.8 Å². The summed E-state index contributed by atoms with van der Waals surface area (Å²) >= 11 is 27.0. The van der Waals surface area contributed by atoms with Gasteiger partial charge in [0.1, 0.15) is 88.3 Å². The van der Waals surface area contributed by atoms with E-state index in [0.29, 0.717) is 92.5 Å². The Morgan fingerprint density at radius 2 is 0.862 bits per heavy atom. The van der Waals surface area contributed by atoms with Crippen molar-refractivity contribution in [1.82, 2.24) is 88.5 Å². The monoisotopic (exact) mass is 1440 g/mol. The van der Waals surface area contributed by atoms with E-state index in [1.165, 1.54) is 44.2 Å². The average molecular weight is 1440 g/mol. The number of ether oxygens (including phenoxy) is 3. The number of rotatable bonds is 19. The molecule has 12 atom stereocenters. The predicted molar refractivity (Wildman–Crippen MR) is 361 cm³/mol. The molecule has 9 aromatic rings. The topological polar surface area (TPSA) is 506 Å². The van der Waals surface area contributed by atoms with Crippen molar-refractivity contribution in [2.24, 2.45) is 5.73 Å². The summed E-state index contributed by atoms with van der Waals surface area (Å²) in [7, 11) is 0. The molecule has 3 aliphatic rings. The maximum absolute atomic E-state index is 10.5. The van der Waals surface area contributed by atoms with Crippen LogP contribution >= 0.6 is 81.7 Å². The fourth-order valence-electron chi connectivity index (χ4n) is 8.80. The van der Waals surface area contributed by atoms with Crippen LogP contribution in [0.15, 0.2) is 74.8 Å². The number of aliphatic hydroxyl groups is 7. The summed E-state index contributed by atoms with van der Waals surface area (Å²) in [5.41, 5.74) is 25.4. The standard InChI is InChI=1S/2C16H19ClN8O3S.C12H18N6O3S.C4H2Cl2N2.C2H6O.C2H2.CH4/c17-16-20-2-1-9(24-16)19-3-4-29-5-8-11(26)12(27)15(28-8)25-7-23-10-13(18)21-6-22-14(10)25;17-9-1-2-19-16(24-9)20-3-4-29-5-8-11(26)12(27)15(28-8)25-7-23-10-13(18)21-6-22-14(10)25;13-1-2-22-3-6-8(19)9(20)12(21-6)18-5-17-7-10(14)15-4-16-11(7)18;5-3-1-2-7-4(6)8-3;1-2-3;1-2;/h2*1-2,6-8,11-12,15,26-27H,3-5H2,(H2,18,21,22)(H,19,20,24);4-6,8-9,12,19-20H,1-3,13H2,(H2,14,15,16);1-2H;3H,2H2,1H3;1-2H;1H4/t2*8-,11-,12-,15-;6-,8-,9-,12-;;;;/m000..../s1. The number of nitrogens with two attached hydrogens (primary N) is 4. The Hall–Kier alpha value is -6.78. The Labute approximate surface area is 570 Å². The van der Waals surface area contributed by atoms with Gasteiger partial charge in [-0.05, 0) is 48.3 Å². The highest BCUT2D eigenvalue weighted by Gasteiger charge is 2.46. The number of imidazole rings is 3. The predicted octanol–water partition coefficient (Wildman–Crippen LogP) is 2.02. The van der Waals surface area contributed by atoms with Crippen LogP contribution in [0, 0.1) is 12.8 Å². The van der Waals surface area contributed by atoms with E-state index in [0.717, 1.165) is 17.3 Å². The molecular weight excluding hydrogens is 1370 g/mol. The highest BCUT2D eigenvalue weighted by Crippen LogP contribution is 2.36. The maximum Gasteiger partial charge on any atom is 0.224 e. The number of anilines is 5. The lowest BCUT2D eigenvalue weighted by molar-refractivity contribution is -0.0289. The van der Waals surface area contributed by atoms with Gasteiger partial charge in [0.25, 0.3) is 0 Å². The van der Waals surface area contributed by atoms with Crippen molar-refractivity contribution in [3.05, 3.63) is 95.6 Å². The Kier molecular flexibility index (Phi) is 30.9. The smallest absolute Gasteiger partial charge is 0.224 e. The number of fused-ring (bicyclic) bond motifs is 3. The van der Waals surface area contributed by atoms with Crippen LogP contribution in [-0.2, 0) is 14.2 Å². The van der Waals surface area contributed by atoms with E-state index in [2.05, 4.69) is 98.2 Å². The van der Waals surface area contributed by atoms with Crippen LogP contribution in [0.2, 0.25) is 20.9 Å². The number of halogens is 4. The normalized spacial score (nSPS) is 22.6. The Morgan fingerprint density at radius 3 is 1.22 bits per heavy atom. The van der Waals surface area contributed by atoms with Gasteiger partial charge in [-0.2, -0.15) is 35.3 Å². The molecule has 0 saturated carbocycles. The van der Waals surface area contributed by atoms with Crippen molar-refractivity contribution < 1.29 is 50.0 Å². The summed E-state index contributed by atoms with van der Waals surface area (Å²) in [6.07, 6.45) is 10.7. The van der Waals surface area contributed by atoms with Gasteiger partial charge in [-0.25, -0.2) is 74.8 Å². The van der Waals surface area contributed by atoms with Crippen molar-refractivity contribution in [3.63, 3.8) is 0 Å². The minimum Gasteiger partial charge on any atom is -0.397 e. The molecule has 0 aliphatic carbocycles. The van der Waals surface area contributed by atoms with Crippen LogP contribution < -0.4 is 33.6 Å². The molecule has 0 amide bonds. The zero-order chi connectivity index (χ0) is 67.1. The molecule has 34 nitrogen and oxygen atoms in total. The van der Waals surface area contributed by atoms with Crippen LogP contribution in [0.1, 0.15) is 33.0 Å². The molecule has 12 heterocycles. The Bertz CT molecular complexity index is 3610. The summed E-state index contributed by atoms with van der Waals surface area (Å²) in [6.45, 7) is 3.75. The summed E-state index contributed by atoms with van der Waals surface area (Å²) in [5, 5.41) is 77.0. The second kappa shape index (κ2) is 38.1. The maximum atomic E-state index is 10.5. The molecule has 3 aliphatic heterocycles. The molecule has 0 spiro atoms. The molecule has 3 saturated heterocycles. The van der Waals surface area contributed by atoms with Crippen LogP contribution in [0.25, 0.3) is 33.5 Å². The summed E-state index contributed by atoms with van der Waals surface area (Å²) in [4.78, 5) is 59.8. The van der Waals surface area contributed by atoms with Gasteiger partial charge >= 0.3 is 0 Å². The Balaban J connectivity index is 0.000000204. The number of nitrogen functional groups attached to an aromatic ring is 3. The van der Waals surface area contributed by atoms with Crippen LogP contribution in [-0.4, -0.2) is 240 Å². The molecule has 94 heavy (non-hydrogen) atoms. The van der Waals surface area contributed by atoms with Crippen LogP contribution in [0.3, 0.4) is 0 Å². The molecule has 0 radical (unpaired) electrons. The minimum absolute atomic E-state index is 0. The van der Waals surface area contributed by atoms with E-state index in [1.807, 2.05) is 0 Å². The summed E-state index contributed by atoms with van der Waals surface area (Å²) in [6, 6.07) is 4.90. The van der Waals surface area contributed by atoms with E-state index in [4.69, 9.17) is 88.7 Å². The first-order chi connectivity index (χ1) is 44.9. The zero-order valence-corrected chi connectivity index (χ0v) is 54.5. The first-order valence-electron chi connectivity index (χ1n) is 27.7. The van der Waals surface area contributed by atoms with Crippen LogP contribution in [0.4, 0.5) is 29.2 Å². The average Bonchev–Trinajstić information content (AvgIpc) is 1.64. The number of hydrogen-bond acceptors (Lipinski definition) is 34. The van der Waals surface area contributed by atoms with Crippen molar-refractivity contribution in [2.45, 2.75) is 88.0 Å². The third-order valence-electron chi connectivity index (χ3n) is 13.0. The second-order valence-electron chi connectivity index (χ2n) is 19.1. The molecular formula is C53H70Cl4N24O10S3. The molecule has 0 aromatic carbocycles. The number of hydrogen-bond donors (Lipinski definition) is 13. The van der Waals surface area contributed by atoms with Crippen LogP contribution in [0.5, 0.6) is 0 Å². The third kappa shape index (κ3) is 20.1. The molecule has 12 rings (SSSR count). The van der Waals surface area contributed by atoms with E-state index in [1.54, 1.807) is 86.5 Å². The lowest BCUT2D eigenvalue weighted by Crippen LogP contribution is -2.32. The van der Waals surface area contributed by atoms with E-state index in [9.17, 15) is 30.6 Å². The third-order valence-corrected chi connectivity index (χ3v) is 17.0. The highest BCUT2D eigenvalue weighted by atomic mass is 35.5. The van der Waals surface area contributed by atoms with Gasteiger partial charge in [0.2, 0.25) is 16.5 Å². The van der Waals surface area contributed by atoms with Gasteiger partial charge < -0.3 is 83.5 Å². The lowest BCUT2D eigenvalue weighted by atomic mass is 10.1. The van der Waals surface area contributed by atoms with Crippen molar-refractivity contribution in [2.75, 3.05) is 88.6 Å². The highest BCUT2D eigenvalue weighted by molar-refractivity contribution is 7.99. The van der Waals surface area contributed by atoms with E-state index < -0.39 is 73.6 Å². The van der Waals surface area contributed by atoms with Gasteiger partial charge in [0.05, 0.1) is 37.3 Å². The quantitative estimate of drug-likeness (QED) is 0.0238. The number of nitrogens with zero attached hydrogens (tertiary/aromatic N) is 18. The number of terminal acetylenes is 1. The number of nitrogens with one attached hydrogen (secondary N) is 2. The molecule has 0 bridgehead atoms. The number of aliphatic hydroxyl groups excluding tert-OH is 7. The second-order valence-corrected chi connectivity index (χ2v) is 24.0. The fourth-order valence-corrected chi connectivity index (χ4v) is 12.1. The molecule has 508 valence electrons. The van der Waals surface area contributed by atoms with Crippen molar-refractivity contribution >= 4 is 144 Å². The fraction of sp³-hybridized carbons (Fsp3) is 0.453. The van der Waals surface area contributed by atoms with Crippen molar-refractivity contribution in [1.29, 1.82) is 0 Å². The first-order valence-corrected chi connectivity index (χ1v) is 32.7. The Morgan fingerprint density at radius 1 is 0.500 bits per heavy atom. The molecule has 41 heteroatoms. The molecule has 9 aromatic heterocycles. The summed E-state index contributed by atoms with van der Waals surface area (Å²) in [5.74, 6) is 5.63. The summed E-state index contributed by atoms with van der Waals surface area (Å²) < 4.78 is 22.3. The lowest BCUT2D eigenvalue weighted by Gasteiger charge is -2.16. The van der Waals surface area contributed by atoms with E-state index in [-0.39, 0.29) is 42.1 Å². The van der Waals surface area contributed by atoms with Gasteiger partial charge in [-0.3, -0.25) is 13.7 Å². The van der Waals surface area contributed by atoms with Gasteiger partial charge in [-0.15, -0.1) is 12.8 Å². The SMILES string of the molecule is C.C#C.CCO.Clc1ccnc(Cl)n1.NCCSC[C@@H]1O[C@H](n2cnc3c(N)ncnc32)[C@@H](O)[C@H]1O.Nc1ncnc2c1ncn2[C@H]1O[C@@H](CSCCNc2ccnc(Cl)n2)[C@H](O)[C@@H]1O.Nc1ncnc2c1ncn2[C@H]1O[C@@H](CSCCNc2nccc(Cl)n2)[C@H](O)[C@@H]1O. The largest absolute Gasteiger partial charge is 0.397 e. The number of thioether (sulfide) groups is 3. The molecule has 0 unspecified atom stereocenters. The van der Waals surface area contributed by atoms with E-state index >= 15 is 0 Å². The van der Waals surface area contributed by atoms with Gasteiger partial charge in [0, 0.05) is 79.3 Å². The van der Waals surface area contributed by atoms with Gasteiger partial charge in [0.15, 0.2) is 53.1 Å². The first kappa shape index (κ1) is 76.2. The van der Waals surface area contributed by atoms with Gasteiger partial charge in [-0.1, -0.05) is 30.6 Å². The minimum atomic E-state index is -1.12. The molecule has 17 N–H and O–H groups in total. The molecule has 3 fully saturated rings. The number of aromatic nitrogens is 18.